The van der Waals surface area contributed by atoms with Crippen molar-refractivity contribution >= 4 is 5.91 Å². The zero-order valence-corrected chi connectivity index (χ0v) is 8.71. The Hall–Kier alpha value is -2.17. The molecule has 0 fully saturated rings. The van der Waals surface area contributed by atoms with Crippen molar-refractivity contribution in [2.45, 2.75) is 13.1 Å². The molecule has 0 aromatic carbocycles. The number of nitrogens with one attached hydrogen (secondary N) is 1. The van der Waals surface area contributed by atoms with Gasteiger partial charge in [-0.1, -0.05) is 6.07 Å². The van der Waals surface area contributed by atoms with Crippen LogP contribution in [0, 0.1) is 0 Å². The van der Waals surface area contributed by atoms with Crippen LogP contribution in [-0.2, 0) is 17.9 Å². The summed E-state index contributed by atoms with van der Waals surface area (Å²) in [7, 11) is 0. The molecular formula is C11H12N4O. The van der Waals surface area contributed by atoms with Gasteiger partial charge >= 0.3 is 0 Å². The van der Waals surface area contributed by atoms with Crippen molar-refractivity contribution in [2.24, 2.45) is 0 Å². The fourth-order valence-corrected chi connectivity index (χ4v) is 1.29. The van der Waals surface area contributed by atoms with Gasteiger partial charge in [0.2, 0.25) is 5.91 Å². The third kappa shape index (κ3) is 2.91. The lowest BCUT2D eigenvalue weighted by molar-refractivity contribution is -0.122. The average Bonchev–Trinajstić information content (AvgIpc) is 2.81. The molecule has 2 aromatic heterocycles. The lowest BCUT2D eigenvalue weighted by Crippen LogP contribution is -2.27. The Morgan fingerprint density at radius 2 is 2.25 bits per heavy atom. The van der Waals surface area contributed by atoms with Gasteiger partial charge in [0.25, 0.3) is 0 Å². The highest BCUT2D eigenvalue weighted by Crippen LogP contribution is 1.92. The summed E-state index contributed by atoms with van der Waals surface area (Å²) < 4.78 is 1.58. The van der Waals surface area contributed by atoms with Crippen LogP contribution in [0.25, 0.3) is 0 Å². The van der Waals surface area contributed by atoms with Crippen molar-refractivity contribution in [3.8, 4) is 0 Å². The number of rotatable bonds is 4. The quantitative estimate of drug-likeness (QED) is 0.814. The molecule has 0 atom stereocenters. The third-order valence-corrected chi connectivity index (χ3v) is 2.06. The van der Waals surface area contributed by atoms with Crippen molar-refractivity contribution in [1.82, 2.24) is 20.1 Å². The molecule has 16 heavy (non-hydrogen) atoms. The largest absolute Gasteiger partial charge is 0.349 e. The number of carbonyl (C=O) groups excluding carboxylic acids is 1. The number of amides is 1. The van der Waals surface area contributed by atoms with Gasteiger partial charge in [-0.2, -0.15) is 5.10 Å². The monoisotopic (exact) mass is 216 g/mol. The maximum absolute atomic E-state index is 11.5. The molecule has 0 spiro atoms. The van der Waals surface area contributed by atoms with E-state index < -0.39 is 0 Å². The number of nitrogens with zero attached hydrogens (tertiary/aromatic N) is 3. The zero-order chi connectivity index (χ0) is 11.2. The lowest BCUT2D eigenvalue weighted by atomic mass is 10.3. The molecule has 0 aliphatic carbocycles. The van der Waals surface area contributed by atoms with Crippen molar-refractivity contribution in [2.75, 3.05) is 0 Å². The second-order valence-corrected chi connectivity index (χ2v) is 3.30. The molecule has 2 rings (SSSR count). The molecule has 0 radical (unpaired) electrons. The van der Waals surface area contributed by atoms with Gasteiger partial charge in [-0.3, -0.25) is 14.5 Å². The fourth-order valence-electron chi connectivity index (χ4n) is 1.29. The maximum atomic E-state index is 11.5. The summed E-state index contributed by atoms with van der Waals surface area (Å²) in [6.45, 7) is 0.681. The number of aromatic nitrogens is 3. The summed E-state index contributed by atoms with van der Waals surface area (Å²) in [5.41, 5.74) is 0.844. The second kappa shape index (κ2) is 5.06. The first-order chi connectivity index (χ1) is 7.84. The molecule has 82 valence electrons. The molecule has 0 bridgehead atoms. The predicted octanol–water partition coefficient (Wildman–Crippen LogP) is 0.594. The van der Waals surface area contributed by atoms with E-state index in [1.54, 1.807) is 29.3 Å². The van der Waals surface area contributed by atoms with Crippen LogP contribution in [-0.4, -0.2) is 20.7 Å². The first-order valence-corrected chi connectivity index (χ1v) is 4.98. The number of hydrogen-bond donors (Lipinski definition) is 1. The van der Waals surface area contributed by atoms with Gasteiger partial charge < -0.3 is 5.32 Å². The van der Waals surface area contributed by atoms with E-state index in [0.29, 0.717) is 6.54 Å². The Morgan fingerprint density at radius 3 is 2.94 bits per heavy atom. The molecular weight excluding hydrogens is 204 g/mol. The van der Waals surface area contributed by atoms with Crippen LogP contribution in [0.5, 0.6) is 0 Å². The number of pyridine rings is 1. The van der Waals surface area contributed by atoms with E-state index >= 15 is 0 Å². The Labute approximate surface area is 93.1 Å². The summed E-state index contributed by atoms with van der Waals surface area (Å²) in [5, 5.41) is 6.73. The molecule has 5 heteroatoms. The standard InChI is InChI=1S/C11H12N4O/c16-11(9-15-7-3-6-14-15)13-8-10-4-1-2-5-12-10/h1-7H,8-9H2,(H,13,16). The average molecular weight is 216 g/mol. The van der Waals surface area contributed by atoms with E-state index in [9.17, 15) is 4.79 Å². The maximum Gasteiger partial charge on any atom is 0.242 e. The van der Waals surface area contributed by atoms with Crippen molar-refractivity contribution in [3.05, 3.63) is 48.5 Å². The number of hydrogen-bond acceptors (Lipinski definition) is 3. The zero-order valence-electron chi connectivity index (χ0n) is 8.71. The molecule has 0 saturated carbocycles. The normalized spacial score (nSPS) is 10.0. The molecule has 5 nitrogen and oxygen atoms in total. The van der Waals surface area contributed by atoms with Crippen molar-refractivity contribution in [3.63, 3.8) is 0 Å². The van der Waals surface area contributed by atoms with Gasteiger partial charge in [0.15, 0.2) is 0 Å². The summed E-state index contributed by atoms with van der Waals surface area (Å²) in [4.78, 5) is 15.6. The van der Waals surface area contributed by atoms with E-state index in [2.05, 4.69) is 15.4 Å². The highest BCUT2D eigenvalue weighted by atomic mass is 16.2. The SMILES string of the molecule is O=C(Cn1cccn1)NCc1ccccn1. The van der Waals surface area contributed by atoms with E-state index in [1.165, 1.54) is 0 Å². The van der Waals surface area contributed by atoms with Gasteiger partial charge in [0.05, 0.1) is 12.2 Å². The van der Waals surface area contributed by atoms with E-state index in [0.717, 1.165) is 5.69 Å². The smallest absolute Gasteiger partial charge is 0.242 e. The van der Waals surface area contributed by atoms with Crippen LogP contribution in [0.4, 0.5) is 0 Å². The van der Waals surface area contributed by atoms with E-state index in [1.807, 2.05) is 18.2 Å². The summed E-state index contributed by atoms with van der Waals surface area (Å²) >= 11 is 0. The van der Waals surface area contributed by atoms with Crippen LogP contribution >= 0.6 is 0 Å². The third-order valence-electron chi connectivity index (χ3n) is 2.06. The summed E-state index contributed by atoms with van der Waals surface area (Å²) in [6.07, 6.45) is 5.10. The minimum absolute atomic E-state index is 0.0747. The number of carbonyl (C=O) groups is 1. The van der Waals surface area contributed by atoms with Crippen LogP contribution < -0.4 is 5.32 Å². The minimum atomic E-state index is -0.0747. The Kier molecular flexibility index (Phi) is 3.28. The second-order valence-electron chi connectivity index (χ2n) is 3.30. The fraction of sp³-hybridized carbons (Fsp3) is 0.182. The van der Waals surface area contributed by atoms with Crippen molar-refractivity contribution in [1.29, 1.82) is 0 Å². The molecule has 0 aliphatic heterocycles. The van der Waals surface area contributed by atoms with Gasteiger partial charge in [-0.15, -0.1) is 0 Å². The molecule has 0 unspecified atom stereocenters. The van der Waals surface area contributed by atoms with Gasteiger partial charge in [-0.05, 0) is 18.2 Å². The lowest BCUT2D eigenvalue weighted by Gasteiger charge is -2.04. The molecule has 2 aromatic rings. The van der Waals surface area contributed by atoms with E-state index in [-0.39, 0.29) is 12.5 Å². The van der Waals surface area contributed by atoms with Gasteiger partial charge in [0, 0.05) is 18.6 Å². The summed E-state index contributed by atoms with van der Waals surface area (Å²) in [6, 6.07) is 7.39. The van der Waals surface area contributed by atoms with Crippen LogP contribution in [0.2, 0.25) is 0 Å². The molecule has 1 N–H and O–H groups in total. The molecule has 1 amide bonds. The van der Waals surface area contributed by atoms with E-state index in [4.69, 9.17) is 0 Å². The van der Waals surface area contributed by atoms with Gasteiger partial charge in [-0.25, -0.2) is 0 Å². The first kappa shape index (κ1) is 10.4. The van der Waals surface area contributed by atoms with Crippen LogP contribution in [0.1, 0.15) is 5.69 Å². The molecule has 2 heterocycles. The molecule has 0 aliphatic rings. The topological polar surface area (TPSA) is 59.8 Å². The highest BCUT2D eigenvalue weighted by Gasteiger charge is 2.02. The van der Waals surface area contributed by atoms with Crippen LogP contribution in [0.15, 0.2) is 42.9 Å². The highest BCUT2D eigenvalue weighted by molar-refractivity contribution is 5.75. The minimum Gasteiger partial charge on any atom is -0.349 e. The predicted molar refractivity (Wildman–Crippen MR) is 58.3 cm³/mol. The Bertz CT molecular complexity index is 438. The first-order valence-electron chi connectivity index (χ1n) is 4.98. The molecule has 0 saturated heterocycles. The van der Waals surface area contributed by atoms with Crippen LogP contribution in [0.3, 0.4) is 0 Å². The Morgan fingerprint density at radius 1 is 1.31 bits per heavy atom. The van der Waals surface area contributed by atoms with Crippen molar-refractivity contribution < 1.29 is 4.79 Å². The van der Waals surface area contributed by atoms with Gasteiger partial charge in [0.1, 0.15) is 6.54 Å². The summed E-state index contributed by atoms with van der Waals surface area (Å²) in [5.74, 6) is -0.0747. The Balaban J connectivity index is 1.80.